The molecule has 0 atom stereocenters. The highest BCUT2D eigenvalue weighted by Crippen LogP contribution is 2.39. The largest absolute Gasteiger partial charge is 0.324 e. The van der Waals surface area contributed by atoms with Gasteiger partial charge in [0.1, 0.15) is 11.6 Å². The maximum Gasteiger partial charge on any atom is 0.146 e. The first-order chi connectivity index (χ1) is 6.67. The van der Waals surface area contributed by atoms with Crippen LogP contribution in [-0.2, 0) is 19.0 Å². The van der Waals surface area contributed by atoms with Crippen LogP contribution < -0.4 is 5.73 Å². The molecule has 1 aromatic rings. The topological polar surface area (TPSA) is 56.7 Å². The van der Waals surface area contributed by atoms with E-state index in [2.05, 4.69) is 21.7 Å². The first-order valence-corrected chi connectivity index (χ1v) is 5.26. The zero-order valence-corrected chi connectivity index (χ0v) is 8.95. The molecule has 4 heteroatoms. The van der Waals surface area contributed by atoms with Crippen LogP contribution in [0.2, 0.25) is 0 Å². The fraction of sp³-hybridized carbons (Fsp3) is 0.800. The summed E-state index contributed by atoms with van der Waals surface area (Å²) < 4.78 is 2.06. The van der Waals surface area contributed by atoms with Crippen molar-refractivity contribution in [2.45, 2.75) is 44.6 Å². The molecule has 0 spiro atoms. The minimum Gasteiger partial charge on any atom is -0.324 e. The molecule has 4 nitrogen and oxygen atoms in total. The third-order valence-corrected chi connectivity index (χ3v) is 3.39. The fourth-order valence-corrected chi connectivity index (χ4v) is 2.44. The van der Waals surface area contributed by atoms with E-state index in [-0.39, 0.29) is 5.41 Å². The minimum atomic E-state index is 0.231. The molecule has 0 amide bonds. The summed E-state index contributed by atoms with van der Waals surface area (Å²) >= 11 is 0. The molecule has 78 valence electrons. The minimum absolute atomic E-state index is 0.231. The summed E-state index contributed by atoms with van der Waals surface area (Å²) in [4.78, 5) is 0. The van der Waals surface area contributed by atoms with Crippen molar-refractivity contribution in [2.24, 2.45) is 12.8 Å². The van der Waals surface area contributed by atoms with Crippen LogP contribution in [0.1, 0.15) is 44.3 Å². The van der Waals surface area contributed by atoms with Gasteiger partial charge in [-0.2, -0.15) is 0 Å². The summed E-state index contributed by atoms with van der Waals surface area (Å²) in [6.45, 7) is 2.75. The van der Waals surface area contributed by atoms with Crippen molar-refractivity contribution in [3.63, 3.8) is 0 Å². The van der Waals surface area contributed by atoms with Crippen LogP contribution in [0.4, 0.5) is 0 Å². The highest BCUT2D eigenvalue weighted by atomic mass is 15.3. The lowest BCUT2D eigenvalue weighted by Gasteiger charge is -2.22. The van der Waals surface area contributed by atoms with Gasteiger partial charge in [0.2, 0.25) is 0 Å². The third kappa shape index (κ3) is 1.34. The molecule has 14 heavy (non-hydrogen) atoms. The average Bonchev–Trinajstić information content (AvgIpc) is 2.73. The lowest BCUT2D eigenvalue weighted by atomic mass is 9.88. The Morgan fingerprint density at radius 2 is 2.00 bits per heavy atom. The third-order valence-electron chi connectivity index (χ3n) is 3.39. The lowest BCUT2D eigenvalue weighted by molar-refractivity contribution is 0.440. The smallest absolute Gasteiger partial charge is 0.146 e. The van der Waals surface area contributed by atoms with Crippen LogP contribution in [0, 0.1) is 0 Å². The molecule has 0 aromatic carbocycles. The fourth-order valence-electron chi connectivity index (χ4n) is 2.44. The zero-order valence-electron chi connectivity index (χ0n) is 8.95. The van der Waals surface area contributed by atoms with Crippen LogP contribution in [-0.4, -0.2) is 14.8 Å². The number of rotatable bonds is 2. The first-order valence-electron chi connectivity index (χ1n) is 5.26. The van der Waals surface area contributed by atoms with Gasteiger partial charge in [0, 0.05) is 12.5 Å². The molecule has 0 unspecified atom stereocenters. The van der Waals surface area contributed by atoms with E-state index in [1.807, 2.05) is 7.05 Å². The second kappa shape index (κ2) is 3.35. The molecule has 2 N–H and O–H groups in total. The van der Waals surface area contributed by atoms with Crippen molar-refractivity contribution in [3.05, 3.63) is 11.6 Å². The molecule has 0 radical (unpaired) electrons. The Morgan fingerprint density at radius 1 is 1.36 bits per heavy atom. The maximum atomic E-state index is 5.58. The van der Waals surface area contributed by atoms with Crippen LogP contribution in [0.15, 0.2) is 0 Å². The Labute approximate surface area is 84.5 Å². The predicted molar refractivity (Wildman–Crippen MR) is 54.7 cm³/mol. The predicted octanol–water partition coefficient (Wildman–Crippen LogP) is 1.11. The number of nitrogens with two attached hydrogens (primary N) is 1. The van der Waals surface area contributed by atoms with Gasteiger partial charge in [0.25, 0.3) is 0 Å². The second-order valence-electron chi connectivity index (χ2n) is 4.47. The van der Waals surface area contributed by atoms with E-state index >= 15 is 0 Å². The molecule has 1 heterocycles. The van der Waals surface area contributed by atoms with Gasteiger partial charge in [-0.05, 0) is 12.8 Å². The molecule has 0 saturated heterocycles. The van der Waals surface area contributed by atoms with Crippen LogP contribution in [0.3, 0.4) is 0 Å². The molecule has 1 fully saturated rings. The van der Waals surface area contributed by atoms with Gasteiger partial charge in [0.05, 0.1) is 6.54 Å². The van der Waals surface area contributed by atoms with Gasteiger partial charge in [-0.3, -0.25) is 0 Å². The number of nitrogens with zero attached hydrogens (tertiary/aromatic N) is 3. The van der Waals surface area contributed by atoms with E-state index in [1.165, 1.54) is 25.7 Å². The van der Waals surface area contributed by atoms with Crippen LogP contribution in [0.25, 0.3) is 0 Å². The van der Waals surface area contributed by atoms with Gasteiger partial charge in [-0.1, -0.05) is 19.8 Å². The summed E-state index contributed by atoms with van der Waals surface area (Å²) in [6, 6.07) is 0. The van der Waals surface area contributed by atoms with Gasteiger partial charge >= 0.3 is 0 Å². The first kappa shape index (κ1) is 9.65. The van der Waals surface area contributed by atoms with Gasteiger partial charge in [0.15, 0.2) is 0 Å². The summed E-state index contributed by atoms with van der Waals surface area (Å²) in [5.41, 5.74) is 5.81. The van der Waals surface area contributed by atoms with E-state index in [9.17, 15) is 0 Å². The second-order valence-corrected chi connectivity index (χ2v) is 4.47. The van der Waals surface area contributed by atoms with Crippen molar-refractivity contribution in [3.8, 4) is 0 Å². The quantitative estimate of drug-likeness (QED) is 0.767. The van der Waals surface area contributed by atoms with Crippen molar-refractivity contribution in [1.82, 2.24) is 14.8 Å². The molecule has 1 aliphatic rings. The molecular weight excluding hydrogens is 176 g/mol. The van der Waals surface area contributed by atoms with E-state index in [0.29, 0.717) is 6.54 Å². The Bertz CT molecular complexity index is 323. The highest BCUT2D eigenvalue weighted by Gasteiger charge is 2.35. The van der Waals surface area contributed by atoms with Crippen LogP contribution in [0.5, 0.6) is 0 Å². The zero-order chi connectivity index (χ0) is 10.2. The molecule has 1 aliphatic carbocycles. The van der Waals surface area contributed by atoms with E-state index in [0.717, 1.165) is 11.6 Å². The van der Waals surface area contributed by atoms with E-state index < -0.39 is 0 Å². The van der Waals surface area contributed by atoms with Crippen molar-refractivity contribution >= 4 is 0 Å². The Hall–Kier alpha value is -0.900. The van der Waals surface area contributed by atoms with E-state index in [4.69, 9.17) is 5.73 Å². The summed E-state index contributed by atoms with van der Waals surface area (Å²) in [7, 11) is 2.01. The van der Waals surface area contributed by atoms with Gasteiger partial charge in [-0.15, -0.1) is 10.2 Å². The Kier molecular flexibility index (Phi) is 2.31. The van der Waals surface area contributed by atoms with Crippen molar-refractivity contribution < 1.29 is 0 Å². The van der Waals surface area contributed by atoms with Crippen molar-refractivity contribution in [2.75, 3.05) is 0 Å². The molecular formula is C10H18N4. The molecule has 1 saturated carbocycles. The molecule has 0 aliphatic heterocycles. The summed E-state index contributed by atoms with van der Waals surface area (Å²) in [6.07, 6.45) is 5.07. The standard InChI is InChI=1S/C10H18N4/c1-10(5-3-4-6-10)9-13-12-8(7-11)14(9)2/h3-7,11H2,1-2H3. The molecule has 1 aromatic heterocycles. The van der Waals surface area contributed by atoms with Gasteiger partial charge in [-0.25, -0.2) is 0 Å². The highest BCUT2D eigenvalue weighted by molar-refractivity contribution is 5.10. The van der Waals surface area contributed by atoms with E-state index in [1.54, 1.807) is 0 Å². The SMILES string of the molecule is Cn1c(CN)nnc1C1(C)CCCC1. The number of hydrogen-bond acceptors (Lipinski definition) is 3. The van der Waals surface area contributed by atoms with Crippen LogP contribution >= 0.6 is 0 Å². The normalized spacial score (nSPS) is 20.2. The number of aromatic nitrogens is 3. The van der Waals surface area contributed by atoms with Gasteiger partial charge < -0.3 is 10.3 Å². The van der Waals surface area contributed by atoms with Crippen molar-refractivity contribution in [1.29, 1.82) is 0 Å². The molecule has 2 rings (SSSR count). The Balaban J connectivity index is 2.35. The summed E-state index contributed by atoms with van der Waals surface area (Å²) in [5, 5.41) is 8.39. The lowest BCUT2D eigenvalue weighted by Crippen LogP contribution is -2.22. The summed E-state index contributed by atoms with van der Waals surface area (Å²) in [5.74, 6) is 1.99. The maximum absolute atomic E-state index is 5.58. The Morgan fingerprint density at radius 3 is 2.50 bits per heavy atom. The monoisotopic (exact) mass is 194 g/mol. The average molecular weight is 194 g/mol. The molecule has 0 bridgehead atoms. The number of hydrogen-bond donors (Lipinski definition) is 1.